The molecule has 0 saturated carbocycles. The molecule has 1 atom stereocenters. The first kappa shape index (κ1) is 13.3. The third-order valence-electron chi connectivity index (χ3n) is 2.98. The van der Waals surface area contributed by atoms with E-state index in [1.165, 1.54) is 12.8 Å². The Morgan fingerprint density at radius 1 is 1.44 bits per heavy atom. The Balaban J connectivity index is 2.68. The summed E-state index contributed by atoms with van der Waals surface area (Å²) in [4.78, 5) is 2.31. The van der Waals surface area contributed by atoms with E-state index in [4.69, 9.17) is 17.3 Å². The molecule has 0 aliphatic carbocycles. The number of hydrogen-bond acceptors (Lipinski definition) is 2. The summed E-state index contributed by atoms with van der Waals surface area (Å²) < 4.78 is 0. The van der Waals surface area contributed by atoms with E-state index in [9.17, 15) is 0 Å². The van der Waals surface area contributed by atoms with Gasteiger partial charge in [-0.1, -0.05) is 24.9 Å². The Labute approximate surface area is 103 Å². The van der Waals surface area contributed by atoms with E-state index in [1.807, 2.05) is 18.2 Å². The van der Waals surface area contributed by atoms with Crippen molar-refractivity contribution >= 4 is 17.3 Å². The van der Waals surface area contributed by atoms with Crippen LogP contribution in [-0.2, 0) is 6.54 Å². The molecule has 0 fully saturated rings. The second-order valence-electron chi connectivity index (χ2n) is 4.40. The van der Waals surface area contributed by atoms with Gasteiger partial charge < -0.3 is 5.73 Å². The number of nitrogens with zero attached hydrogens (tertiary/aromatic N) is 1. The van der Waals surface area contributed by atoms with E-state index in [0.717, 1.165) is 22.8 Å². The van der Waals surface area contributed by atoms with Crippen LogP contribution in [0.25, 0.3) is 0 Å². The molecule has 1 rings (SSSR count). The quantitative estimate of drug-likeness (QED) is 0.798. The zero-order chi connectivity index (χ0) is 12.1. The van der Waals surface area contributed by atoms with E-state index < -0.39 is 0 Å². The Kier molecular flexibility index (Phi) is 5.10. The number of nitrogens with two attached hydrogens (primary N) is 1. The summed E-state index contributed by atoms with van der Waals surface area (Å²) in [6.07, 6.45) is 2.41. The van der Waals surface area contributed by atoms with Gasteiger partial charge in [-0.05, 0) is 44.2 Å². The average Bonchev–Trinajstić information content (AvgIpc) is 2.23. The van der Waals surface area contributed by atoms with Crippen molar-refractivity contribution in [2.45, 2.75) is 39.3 Å². The minimum absolute atomic E-state index is 0.573. The minimum Gasteiger partial charge on any atom is -0.398 e. The number of halogens is 1. The van der Waals surface area contributed by atoms with Crippen molar-refractivity contribution in [1.29, 1.82) is 0 Å². The van der Waals surface area contributed by atoms with Crippen LogP contribution in [0.3, 0.4) is 0 Å². The van der Waals surface area contributed by atoms with E-state index in [1.54, 1.807) is 0 Å². The van der Waals surface area contributed by atoms with Crippen LogP contribution in [0.1, 0.15) is 32.3 Å². The molecule has 0 bridgehead atoms. The van der Waals surface area contributed by atoms with Crippen molar-refractivity contribution in [1.82, 2.24) is 4.90 Å². The SMILES string of the molecule is CCCC(C)N(C)Cc1cc(Cl)ccc1N. The lowest BCUT2D eigenvalue weighted by atomic mass is 10.1. The molecule has 0 aliphatic rings. The van der Waals surface area contributed by atoms with E-state index in [0.29, 0.717) is 6.04 Å². The minimum atomic E-state index is 0.573. The molecule has 1 aromatic carbocycles. The highest BCUT2D eigenvalue weighted by molar-refractivity contribution is 6.30. The highest BCUT2D eigenvalue weighted by Gasteiger charge is 2.10. The van der Waals surface area contributed by atoms with Gasteiger partial charge in [-0.15, -0.1) is 0 Å². The molecule has 0 aromatic heterocycles. The summed E-state index contributed by atoms with van der Waals surface area (Å²) in [5.41, 5.74) is 7.86. The molecule has 3 heteroatoms. The summed E-state index contributed by atoms with van der Waals surface area (Å²) in [5.74, 6) is 0. The third kappa shape index (κ3) is 3.69. The largest absolute Gasteiger partial charge is 0.398 e. The molecule has 1 aromatic rings. The standard InChI is InChI=1S/C13H21ClN2/c1-4-5-10(2)16(3)9-11-8-12(14)6-7-13(11)15/h6-8,10H,4-5,9,15H2,1-3H3. The van der Waals surface area contributed by atoms with Gasteiger partial charge in [0.1, 0.15) is 0 Å². The molecule has 0 aliphatic heterocycles. The lowest BCUT2D eigenvalue weighted by Crippen LogP contribution is -2.28. The molecule has 1 unspecified atom stereocenters. The molecule has 0 spiro atoms. The van der Waals surface area contributed by atoms with Gasteiger partial charge >= 0.3 is 0 Å². The summed E-state index contributed by atoms with van der Waals surface area (Å²) in [5, 5.41) is 0.751. The van der Waals surface area contributed by atoms with E-state index in [2.05, 4.69) is 25.8 Å². The lowest BCUT2D eigenvalue weighted by molar-refractivity contribution is 0.237. The van der Waals surface area contributed by atoms with E-state index >= 15 is 0 Å². The van der Waals surface area contributed by atoms with Crippen LogP contribution in [0.4, 0.5) is 5.69 Å². The van der Waals surface area contributed by atoms with Crippen LogP contribution < -0.4 is 5.73 Å². The zero-order valence-electron chi connectivity index (χ0n) is 10.3. The predicted molar refractivity (Wildman–Crippen MR) is 71.7 cm³/mol. The third-order valence-corrected chi connectivity index (χ3v) is 3.22. The van der Waals surface area contributed by atoms with Crippen LogP contribution >= 0.6 is 11.6 Å². The Bertz CT molecular complexity index is 339. The van der Waals surface area contributed by atoms with Crippen LogP contribution in [0.5, 0.6) is 0 Å². The first-order chi connectivity index (χ1) is 7.54. The van der Waals surface area contributed by atoms with Crippen LogP contribution in [0.2, 0.25) is 5.02 Å². The van der Waals surface area contributed by atoms with Crippen molar-refractivity contribution in [3.8, 4) is 0 Å². The molecule has 2 nitrogen and oxygen atoms in total. The van der Waals surface area contributed by atoms with Crippen LogP contribution in [-0.4, -0.2) is 18.0 Å². The van der Waals surface area contributed by atoms with Crippen molar-refractivity contribution in [2.24, 2.45) is 0 Å². The molecular weight excluding hydrogens is 220 g/mol. The number of rotatable bonds is 5. The Morgan fingerprint density at radius 3 is 2.75 bits per heavy atom. The average molecular weight is 241 g/mol. The lowest BCUT2D eigenvalue weighted by Gasteiger charge is -2.25. The van der Waals surface area contributed by atoms with Gasteiger partial charge in [0.05, 0.1) is 0 Å². The molecule has 0 radical (unpaired) electrons. The maximum atomic E-state index is 5.97. The summed E-state index contributed by atoms with van der Waals surface area (Å²) in [6.45, 7) is 5.30. The zero-order valence-corrected chi connectivity index (χ0v) is 11.1. The molecule has 90 valence electrons. The number of anilines is 1. The van der Waals surface area contributed by atoms with Crippen molar-refractivity contribution in [2.75, 3.05) is 12.8 Å². The van der Waals surface area contributed by atoms with Gasteiger partial charge in [-0.2, -0.15) is 0 Å². The van der Waals surface area contributed by atoms with E-state index in [-0.39, 0.29) is 0 Å². The summed E-state index contributed by atoms with van der Waals surface area (Å²) in [6, 6.07) is 6.22. The second-order valence-corrected chi connectivity index (χ2v) is 4.83. The monoisotopic (exact) mass is 240 g/mol. The van der Waals surface area contributed by atoms with Crippen molar-refractivity contribution < 1.29 is 0 Å². The second kappa shape index (κ2) is 6.12. The molecule has 0 saturated heterocycles. The molecule has 2 N–H and O–H groups in total. The smallest absolute Gasteiger partial charge is 0.0410 e. The maximum absolute atomic E-state index is 5.97. The first-order valence-electron chi connectivity index (χ1n) is 5.78. The highest BCUT2D eigenvalue weighted by Crippen LogP contribution is 2.20. The van der Waals surface area contributed by atoms with Gasteiger partial charge in [-0.3, -0.25) is 4.90 Å². The van der Waals surface area contributed by atoms with Crippen LogP contribution in [0.15, 0.2) is 18.2 Å². The normalized spacial score (nSPS) is 13.1. The summed E-state index contributed by atoms with van der Waals surface area (Å²) >= 11 is 5.97. The fraction of sp³-hybridized carbons (Fsp3) is 0.538. The van der Waals surface area contributed by atoms with Gasteiger partial charge in [0.2, 0.25) is 0 Å². The van der Waals surface area contributed by atoms with Crippen molar-refractivity contribution in [3.63, 3.8) is 0 Å². The number of nitrogen functional groups attached to an aromatic ring is 1. The molecular formula is C13H21ClN2. The Hall–Kier alpha value is -0.730. The number of benzene rings is 1. The molecule has 0 heterocycles. The molecule has 16 heavy (non-hydrogen) atoms. The van der Waals surface area contributed by atoms with Gasteiger partial charge in [0.25, 0.3) is 0 Å². The fourth-order valence-electron chi connectivity index (χ4n) is 1.77. The Morgan fingerprint density at radius 2 is 2.12 bits per heavy atom. The molecule has 0 amide bonds. The first-order valence-corrected chi connectivity index (χ1v) is 6.16. The summed E-state index contributed by atoms with van der Waals surface area (Å²) in [7, 11) is 2.13. The highest BCUT2D eigenvalue weighted by atomic mass is 35.5. The van der Waals surface area contributed by atoms with Gasteiger partial charge in [-0.25, -0.2) is 0 Å². The van der Waals surface area contributed by atoms with Gasteiger partial charge in [0, 0.05) is 23.3 Å². The topological polar surface area (TPSA) is 29.3 Å². The fourth-order valence-corrected chi connectivity index (χ4v) is 1.97. The van der Waals surface area contributed by atoms with Crippen molar-refractivity contribution in [3.05, 3.63) is 28.8 Å². The van der Waals surface area contributed by atoms with Crippen LogP contribution in [0, 0.1) is 0 Å². The predicted octanol–water partition coefficient (Wildman–Crippen LogP) is 3.54. The number of hydrogen-bond donors (Lipinski definition) is 1. The van der Waals surface area contributed by atoms with Gasteiger partial charge in [0.15, 0.2) is 0 Å². The maximum Gasteiger partial charge on any atom is 0.0410 e.